The van der Waals surface area contributed by atoms with Crippen molar-refractivity contribution in [1.82, 2.24) is 9.88 Å². The molecule has 0 saturated carbocycles. The lowest BCUT2D eigenvalue weighted by molar-refractivity contribution is -0.384. The Morgan fingerprint density at radius 1 is 1.17 bits per heavy atom. The molecule has 0 amide bonds. The number of aromatic nitrogens is 1. The van der Waals surface area contributed by atoms with E-state index in [-0.39, 0.29) is 11.2 Å². The standard InChI is InChI=1S/C17H22N4O2/c1-17(2,20(3)4)12-18-15-11-10-14(21(22)23)16(19-15)13-8-6-5-7-9-13/h5-11H,12H2,1-4H3,(H,18,19). The summed E-state index contributed by atoms with van der Waals surface area (Å²) in [4.78, 5) is 17.4. The molecule has 2 rings (SSSR count). The van der Waals surface area contributed by atoms with Crippen molar-refractivity contribution in [2.24, 2.45) is 0 Å². The Balaban J connectivity index is 2.32. The van der Waals surface area contributed by atoms with Gasteiger partial charge in [0.15, 0.2) is 5.69 Å². The predicted molar refractivity (Wildman–Crippen MR) is 92.6 cm³/mol. The molecule has 0 radical (unpaired) electrons. The highest BCUT2D eigenvalue weighted by Crippen LogP contribution is 2.29. The van der Waals surface area contributed by atoms with Crippen molar-refractivity contribution in [2.75, 3.05) is 26.0 Å². The fourth-order valence-electron chi connectivity index (χ4n) is 1.97. The van der Waals surface area contributed by atoms with Gasteiger partial charge in [-0.1, -0.05) is 30.3 Å². The fourth-order valence-corrected chi connectivity index (χ4v) is 1.97. The van der Waals surface area contributed by atoms with E-state index in [0.717, 1.165) is 5.56 Å². The molecule has 0 bridgehead atoms. The third kappa shape index (κ3) is 4.04. The number of rotatable bonds is 6. The maximum atomic E-state index is 11.3. The number of nitro groups is 1. The monoisotopic (exact) mass is 314 g/mol. The van der Waals surface area contributed by atoms with Gasteiger partial charge in [0.2, 0.25) is 0 Å². The summed E-state index contributed by atoms with van der Waals surface area (Å²) in [5.41, 5.74) is 1.06. The predicted octanol–water partition coefficient (Wildman–Crippen LogP) is 3.41. The van der Waals surface area contributed by atoms with Crippen LogP contribution in [0.4, 0.5) is 11.5 Å². The SMILES string of the molecule is CN(C)C(C)(C)CNc1ccc([N+](=O)[O-])c(-c2ccccc2)n1. The van der Waals surface area contributed by atoms with E-state index in [2.05, 4.69) is 29.0 Å². The smallest absolute Gasteiger partial charge is 0.295 e. The van der Waals surface area contributed by atoms with Crippen molar-refractivity contribution in [1.29, 1.82) is 0 Å². The van der Waals surface area contributed by atoms with Gasteiger partial charge in [-0.05, 0) is 34.0 Å². The normalized spacial score (nSPS) is 11.5. The highest BCUT2D eigenvalue weighted by Gasteiger charge is 2.21. The van der Waals surface area contributed by atoms with E-state index in [1.807, 2.05) is 44.4 Å². The Kier molecular flexibility index (Phi) is 4.95. The first kappa shape index (κ1) is 16.9. The summed E-state index contributed by atoms with van der Waals surface area (Å²) < 4.78 is 0. The molecular weight excluding hydrogens is 292 g/mol. The summed E-state index contributed by atoms with van der Waals surface area (Å²) in [5.74, 6) is 0.629. The minimum Gasteiger partial charge on any atom is -0.368 e. The largest absolute Gasteiger partial charge is 0.368 e. The summed E-state index contributed by atoms with van der Waals surface area (Å²) in [6.07, 6.45) is 0. The molecule has 23 heavy (non-hydrogen) atoms. The first-order valence-corrected chi connectivity index (χ1v) is 7.43. The van der Waals surface area contributed by atoms with Gasteiger partial charge in [-0.25, -0.2) is 4.98 Å². The van der Waals surface area contributed by atoms with Crippen molar-refractivity contribution >= 4 is 11.5 Å². The Bertz CT molecular complexity index is 684. The summed E-state index contributed by atoms with van der Waals surface area (Å²) in [7, 11) is 4.03. The quantitative estimate of drug-likeness (QED) is 0.653. The number of anilines is 1. The molecule has 0 aliphatic rings. The van der Waals surface area contributed by atoms with Crippen molar-refractivity contribution in [3.05, 3.63) is 52.6 Å². The second-order valence-corrected chi connectivity index (χ2v) is 6.25. The lowest BCUT2D eigenvalue weighted by Gasteiger charge is -2.32. The average Bonchev–Trinajstić information content (AvgIpc) is 2.53. The van der Waals surface area contributed by atoms with Crippen LogP contribution in [0.25, 0.3) is 11.3 Å². The van der Waals surface area contributed by atoms with Gasteiger partial charge in [-0.15, -0.1) is 0 Å². The van der Waals surface area contributed by atoms with Crippen LogP contribution in [0.3, 0.4) is 0 Å². The Labute approximate surface area is 136 Å². The zero-order valence-electron chi connectivity index (χ0n) is 13.9. The van der Waals surface area contributed by atoms with Crippen molar-refractivity contribution in [2.45, 2.75) is 19.4 Å². The summed E-state index contributed by atoms with van der Waals surface area (Å²) in [6, 6.07) is 12.4. The van der Waals surface area contributed by atoms with Gasteiger partial charge in [0.1, 0.15) is 5.82 Å². The number of likely N-dealkylation sites (N-methyl/N-ethyl adjacent to an activating group) is 1. The molecule has 6 nitrogen and oxygen atoms in total. The molecule has 0 atom stereocenters. The number of benzene rings is 1. The van der Waals surface area contributed by atoms with Crippen LogP contribution >= 0.6 is 0 Å². The van der Waals surface area contributed by atoms with Gasteiger partial charge in [0.25, 0.3) is 5.69 Å². The molecule has 1 heterocycles. The molecule has 1 aromatic heterocycles. The van der Waals surface area contributed by atoms with Gasteiger partial charge in [-0.3, -0.25) is 10.1 Å². The lowest BCUT2D eigenvalue weighted by Crippen LogP contribution is -2.44. The van der Waals surface area contributed by atoms with Crippen LogP contribution in [0.1, 0.15) is 13.8 Å². The fraction of sp³-hybridized carbons (Fsp3) is 0.353. The van der Waals surface area contributed by atoms with E-state index in [9.17, 15) is 10.1 Å². The maximum absolute atomic E-state index is 11.3. The molecule has 0 aliphatic heterocycles. The maximum Gasteiger partial charge on any atom is 0.295 e. The molecule has 2 aromatic rings. The topological polar surface area (TPSA) is 71.3 Å². The Hall–Kier alpha value is -2.47. The molecule has 0 spiro atoms. The molecule has 0 fully saturated rings. The van der Waals surface area contributed by atoms with Crippen LogP contribution in [0.2, 0.25) is 0 Å². The molecule has 0 aliphatic carbocycles. The molecule has 122 valence electrons. The highest BCUT2D eigenvalue weighted by atomic mass is 16.6. The molecule has 6 heteroatoms. The van der Waals surface area contributed by atoms with E-state index < -0.39 is 4.92 Å². The van der Waals surface area contributed by atoms with Crippen LogP contribution in [0.5, 0.6) is 0 Å². The third-order valence-corrected chi connectivity index (χ3v) is 4.03. The van der Waals surface area contributed by atoms with Gasteiger partial charge in [0, 0.05) is 23.7 Å². The minimum atomic E-state index is -0.400. The average molecular weight is 314 g/mol. The first-order valence-electron chi connectivity index (χ1n) is 7.43. The van der Waals surface area contributed by atoms with Gasteiger partial charge < -0.3 is 10.2 Å². The van der Waals surface area contributed by atoms with E-state index >= 15 is 0 Å². The molecule has 0 saturated heterocycles. The van der Waals surface area contributed by atoms with E-state index in [1.165, 1.54) is 6.07 Å². The van der Waals surface area contributed by atoms with Crippen LogP contribution in [-0.2, 0) is 0 Å². The summed E-state index contributed by atoms with van der Waals surface area (Å²) in [5, 5.41) is 14.5. The molecule has 0 unspecified atom stereocenters. The number of hydrogen-bond acceptors (Lipinski definition) is 5. The van der Waals surface area contributed by atoms with Crippen molar-refractivity contribution in [3.63, 3.8) is 0 Å². The molecule has 1 aromatic carbocycles. The van der Waals surface area contributed by atoms with Gasteiger partial charge in [0.05, 0.1) is 4.92 Å². The van der Waals surface area contributed by atoms with E-state index in [1.54, 1.807) is 6.07 Å². The van der Waals surface area contributed by atoms with Crippen LogP contribution < -0.4 is 5.32 Å². The third-order valence-electron chi connectivity index (χ3n) is 4.03. The summed E-state index contributed by atoms with van der Waals surface area (Å²) >= 11 is 0. The van der Waals surface area contributed by atoms with Crippen LogP contribution in [0.15, 0.2) is 42.5 Å². The van der Waals surface area contributed by atoms with Gasteiger partial charge in [-0.2, -0.15) is 0 Å². The van der Waals surface area contributed by atoms with Crippen LogP contribution in [-0.4, -0.2) is 41.0 Å². The second kappa shape index (κ2) is 6.75. The number of pyridine rings is 1. The van der Waals surface area contributed by atoms with Crippen molar-refractivity contribution < 1.29 is 4.92 Å². The van der Waals surface area contributed by atoms with Gasteiger partial charge >= 0.3 is 0 Å². The Morgan fingerprint density at radius 3 is 2.39 bits per heavy atom. The zero-order chi connectivity index (χ0) is 17.0. The van der Waals surface area contributed by atoms with Crippen LogP contribution in [0, 0.1) is 10.1 Å². The number of nitrogens with zero attached hydrogens (tertiary/aromatic N) is 3. The highest BCUT2D eigenvalue weighted by molar-refractivity contribution is 5.71. The lowest BCUT2D eigenvalue weighted by atomic mass is 10.0. The molecule has 1 N–H and O–H groups in total. The van der Waals surface area contributed by atoms with E-state index in [4.69, 9.17) is 0 Å². The minimum absolute atomic E-state index is 0.00798. The zero-order valence-corrected chi connectivity index (χ0v) is 13.9. The second-order valence-electron chi connectivity index (χ2n) is 6.25. The number of hydrogen-bond donors (Lipinski definition) is 1. The Morgan fingerprint density at radius 2 is 1.83 bits per heavy atom. The van der Waals surface area contributed by atoms with Crippen molar-refractivity contribution in [3.8, 4) is 11.3 Å². The first-order chi connectivity index (χ1) is 10.8. The number of nitrogens with one attached hydrogen (secondary N) is 1. The van der Waals surface area contributed by atoms with E-state index in [0.29, 0.717) is 18.1 Å². The summed E-state index contributed by atoms with van der Waals surface area (Å²) in [6.45, 7) is 4.91. The molecular formula is C17H22N4O2.